The molecule has 114 valence electrons. The Balaban J connectivity index is 1.58. The Bertz CT molecular complexity index is 614. The van der Waals surface area contributed by atoms with Crippen LogP contribution in [0.2, 0.25) is 0 Å². The Morgan fingerprint density at radius 3 is 2.90 bits per heavy atom. The molecule has 3 rings (SSSR count). The number of benzene rings is 1. The molecule has 1 saturated heterocycles. The van der Waals surface area contributed by atoms with Crippen molar-refractivity contribution in [3.05, 3.63) is 17.1 Å². The van der Waals surface area contributed by atoms with E-state index < -0.39 is 0 Å². The number of nitrogens with one attached hydrogen (secondary N) is 1. The van der Waals surface area contributed by atoms with Crippen LogP contribution in [0.3, 0.4) is 0 Å². The minimum atomic E-state index is 0.828. The molecule has 0 radical (unpaired) electrons. The number of aryl methyl sites for hydroxylation is 1. The number of aromatic nitrogens is 1. The largest absolute Gasteiger partial charge is 0.397 e. The molecule has 0 bridgehead atoms. The first-order valence-corrected chi connectivity index (χ1v) is 8.52. The lowest BCUT2D eigenvalue weighted by Gasteiger charge is -2.29. The van der Waals surface area contributed by atoms with Crippen LogP contribution in [-0.2, 0) is 0 Å². The van der Waals surface area contributed by atoms with E-state index in [1.165, 1.54) is 37.1 Å². The lowest BCUT2D eigenvalue weighted by atomic mass is 9.94. The molecule has 0 atom stereocenters. The van der Waals surface area contributed by atoms with Crippen LogP contribution in [0.15, 0.2) is 12.1 Å². The van der Waals surface area contributed by atoms with Crippen LogP contribution < -0.4 is 11.1 Å². The Morgan fingerprint density at radius 2 is 2.14 bits per heavy atom. The zero-order valence-corrected chi connectivity index (χ0v) is 13.7. The second-order valence-corrected chi connectivity index (χ2v) is 7.34. The first kappa shape index (κ1) is 14.6. The molecule has 1 aliphatic rings. The lowest BCUT2D eigenvalue weighted by Crippen LogP contribution is -2.30. The maximum Gasteiger partial charge on any atom is 0.0907 e. The molecule has 1 fully saturated rings. The highest BCUT2D eigenvalue weighted by Gasteiger charge is 2.16. The molecule has 2 heterocycles. The third kappa shape index (κ3) is 3.47. The minimum Gasteiger partial charge on any atom is -0.397 e. The van der Waals surface area contributed by atoms with Crippen LogP contribution in [0.4, 0.5) is 11.4 Å². The zero-order valence-electron chi connectivity index (χ0n) is 12.9. The monoisotopic (exact) mass is 304 g/mol. The molecule has 1 aromatic carbocycles. The number of nitrogens with zero attached hydrogens (tertiary/aromatic N) is 2. The van der Waals surface area contributed by atoms with Crippen LogP contribution in [0.5, 0.6) is 0 Å². The van der Waals surface area contributed by atoms with Crippen molar-refractivity contribution >= 4 is 32.9 Å². The van der Waals surface area contributed by atoms with Gasteiger partial charge in [-0.1, -0.05) is 0 Å². The number of rotatable bonds is 4. The Morgan fingerprint density at radius 1 is 1.38 bits per heavy atom. The molecule has 0 saturated carbocycles. The maximum atomic E-state index is 6.14. The van der Waals surface area contributed by atoms with E-state index in [0.717, 1.165) is 34.4 Å². The van der Waals surface area contributed by atoms with Crippen molar-refractivity contribution in [2.24, 2.45) is 5.92 Å². The standard InChI is InChI=1S/C16H24N4S/c1-11-19-15-10-14(13(17)9-16(15)21-11)18-6-3-12-4-7-20(2)8-5-12/h9-10,12,18H,3-8,17H2,1-2H3. The number of anilines is 2. The summed E-state index contributed by atoms with van der Waals surface area (Å²) in [6.07, 6.45) is 3.86. The number of piperidine rings is 1. The quantitative estimate of drug-likeness (QED) is 0.851. The van der Waals surface area contributed by atoms with Crippen LogP contribution >= 0.6 is 11.3 Å². The van der Waals surface area contributed by atoms with E-state index in [4.69, 9.17) is 5.73 Å². The summed E-state index contributed by atoms with van der Waals surface area (Å²) in [5.41, 5.74) is 9.05. The molecule has 4 nitrogen and oxygen atoms in total. The van der Waals surface area contributed by atoms with Gasteiger partial charge >= 0.3 is 0 Å². The number of nitrogen functional groups attached to an aromatic ring is 1. The van der Waals surface area contributed by atoms with Crippen molar-refractivity contribution in [2.75, 3.05) is 37.7 Å². The molecule has 5 heteroatoms. The molecule has 1 aliphatic heterocycles. The highest BCUT2D eigenvalue weighted by molar-refractivity contribution is 7.18. The lowest BCUT2D eigenvalue weighted by molar-refractivity contribution is 0.215. The van der Waals surface area contributed by atoms with Gasteiger partial charge in [0.15, 0.2) is 0 Å². The second-order valence-electron chi connectivity index (χ2n) is 6.10. The predicted octanol–water partition coefficient (Wildman–Crippen LogP) is 3.33. The fraction of sp³-hybridized carbons (Fsp3) is 0.562. The number of fused-ring (bicyclic) bond motifs is 1. The highest BCUT2D eigenvalue weighted by atomic mass is 32.1. The number of likely N-dealkylation sites (tertiary alicyclic amines) is 1. The molecular weight excluding hydrogens is 280 g/mol. The fourth-order valence-corrected chi connectivity index (χ4v) is 3.88. The van der Waals surface area contributed by atoms with Gasteiger partial charge in [0.1, 0.15) is 0 Å². The highest BCUT2D eigenvalue weighted by Crippen LogP contribution is 2.30. The summed E-state index contributed by atoms with van der Waals surface area (Å²) in [6, 6.07) is 4.13. The minimum absolute atomic E-state index is 0.828. The topological polar surface area (TPSA) is 54.2 Å². The van der Waals surface area contributed by atoms with E-state index in [1.807, 2.05) is 13.0 Å². The summed E-state index contributed by atoms with van der Waals surface area (Å²) in [7, 11) is 2.21. The van der Waals surface area contributed by atoms with Gasteiger partial charge in [0.2, 0.25) is 0 Å². The maximum absolute atomic E-state index is 6.14. The van der Waals surface area contributed by atoms with Gasteiger partial charge in [-0.15, -0.1) is 11.3 Å². The van der Waals surface area contributed by atoms with E-state index in [9.17, 15) is 0 Å². The van der Waals surface area contributed by atoms with Gasteiger partial charge in [-0.2, -0.15) is 0 Å². The summed E-state index contributed by atoms with van der Waals surface area (Å²) in [5, 5.41) is 4.59. The molecule has 0 spiro atoms. The van der Waals surface area contributed by atoms with E-state index in [1.54, 1.807) is 11.3 Å². The third-order valence-corrected chi connectivity index (χ3v) is 5.31. The van der Waals surface area contributed by atoms with Crippen LogP contribution in [0.1, 0.15) is 24.3 Å². The summed E-state index contributed by atoms with van der Waals surface area (Å²) >= 11 is 1.70. The van der Waals surface area contributed by atoms with E-state index >= 15 is 0 Å². The molecule has 1 aromatic heterocycles. The first-order valence-electron chi connectivity index (χ1n) is 7.71. The fourth-order valence-electron chi connectivity index (χ4n) is 3.02. The van der Waals surface area contributed by atoms with Crippen LogP contribution in [-0.4, -0.2) is 36.6 Å². The van der Waals surface area contributed by atoms with Crippen LogP contribution in [0.25, 0.3) is 10.2 Å². The number of hydrogen-bond donors (Lipinski definition) is 2. The van der Waals surface area contributed by atoms with Crippen molar-refractivity contribution < 1.29 is 0 Å². The van der Waals surface area contributed by atoms with Crippen molar-refractivity contribution in [1.29, 1.82) is 0 Å². The second kappa shape index (κ2) is 6.20. The number of hydrogen-bond acceptors (Lipinski definition) is 5. The van der Waals surface area contributed by atoms with Gasteiger partial charge in [-0.25, -0.2) is 4.98 Å². The zero-order chi connectivity index (χ0) is 14.8. The summed E-state index contributed by atoms with van der Waals surface area (Å²) < 4.78 is 1.17. The molecule has 3 N–H and O–H groups in total. The number of nitrogens with two attached hydrogens (primary N) is 1. The predicted molar refractivity (Wildman–Crippen MR) is 92.1 cm³/mol. The van der Waals surface area contributed by atoms with E-state index in [-0.39, 0.29) is 0 Å². The van der Waals surface area contributed by atoms with Crippen molar-refractivity contribution in [2.45, 2.75) is 26.2 Å². The molecule has 0 unspecified atom stereocenters. The van der Waals surface area contributed by atoms with Gasteiger partial charge in [0, 0.05) is 6.54 Å². The third-order valence-electron chi connectivity index (χ3n) is 4.37. The van der Waals surface area contributed by atoms with Crippen molar-refractivity contribution in [1.82, 2.24) is 9.88 Å². The van der Waals surface area contributed by atoms with Crippen molar-refractivity contribution in [3.63, 3.8) is 0 Å². The van der Waals surface area contributed by atoms with Gasteiger partial charge in [0.05, 0.1) is 26.6 Å². The summed E-state index contributed by atoms with van der Waals surface area (Å²) in [5.74, 6) is 0.847. The average Bonchev–Trinajstić information content (AvgIpc) is 2.80. The van der Waals surface area contributed by atoms with E-state index in [2.05, 4.69) is 28.3 Å². The summed E-state index contributed by atoms with van der Waals surface area (Å²) in [4.78, 5) is 6.96. The Labute approximate surface area is 130 Å². The molecular formula is C16H24N4S. The molecule has 21 heavy (non-hydrogen) atoms. The van der Waals surface area contributed by atoms with Gasteiger partial charge in [0.25, 0.3) is 0 Å². The Kier molecular flexibility index (Phi) is 4.31. The average molecular weight is 304 g/mol. The van der Waals surface area contributed by atoms with E-state index in [0.29, 0.717) is 0 Å². The normalized spacial score (nSPS) is 17.4. The smallest absolute Gasteiger partial charge is 0.0907 e. The summed E-state index contributed by atoms with van der Waals surface area (Å²) in [6.45, 7) is 5.50. The first-order chi connectivity index (χ1) is 10.1. The van der Waals surface area contributed by atoms with Gasteiger partial charge in [-0.05, 0) is 64.4 Å². The molecule has 0 aliphatic carbocycles. The Hall–Kier alpha value is -1.33. The van der Waals surface area contributed by atoms with Gasteiger partial charge < -0.3 is 16.0 Å². The van der Waals surface area contributed by atoms with Crippen molar-refractivity contribution in [3.8, 4) is 0 Å². The van der Waals surface area contributed by atoms with Gasteiger partial charge in [-0.3, -0.25) is 0 Å². The molecule has 0 amide bonds. The molecule has 2 aromatic rings. The van der Waals surface area contributed by atoms with Crippen LogP contribution in [0, 0.1) is 12.8 Å². The number of thiazole rings is 1. The SMILES string of the molecule is Cc1nc2cc(NCCC3CCN(C)CC3)c(N)cc2s1.